The van der Waals surface area contributed by atoms with E-state index < -0.39 is 24.5 Å². The van der Waals surface area contributed by atoms with Gasteiger partial charge in [0.2, 0.25) is 0 Å². The molecule has 0 radical (unpaired) electrons. The SMILES string of the molecule is CCn1c2ccccc2c2cc(NC(=O)COC(=O)[C@@H]3CCCN3C(=O)c3cccs3)ccc21. The van der Waals surface area contributed by atoms with Gasteiger partial charge in [0.15, 0.2) is 6.61 Å². The standard InChI is InChI=1S/C26H25N3O4S/c1-2-28-20-8-4-3-7-18(20)19-15-17(11-12-21(19)28)27-24(30)16-33-26(32)22-9-5-13-29(22)25(31)23-10-6-14-34-23/h3-4,6-8,10-12,14-15,22H,2,5,9,13,16H2,1H3,(H,27,30)/t22-/m0/s1. The monoisotopic (exact) mass is 475 g/mol. The van der Waals surface area contributed by atoms with Crippen LogP contribution in [0.2, 0.25) is 0 Å². The van der Waals surface area contributed by atoms with E-state index in [0.29, 0.717) is 23.5 Å². The van der Waals surface area contributed by atoms with Gasteiger partial charge in [-0.2, -0.15) is 0 Å². The van der Waals surface area contributed by atoms with Crippen molar-refractivity contribution >= 4 is 56.6 Å². The summed E-state index contributed by atoms with van der Waals surface area (Å²) >= 11 is 1.35. The summed E-state index contributed by atoms with van der Waals surface area (Å²) in [4.78, 5) is 40.0. The van der Waals surface area contributed by atoms with E-state index in [1.165, 1.54) is 11.3 Å². The summed E-state index contributed by atoms with van der Waals surface area (Å²) in [6.45, 7) is 3.06. The minimum atomic E-state index is -0.654. The van der Waals surface area contributed by atoms with Crippen LogP contribution in [0.25, 0.3) is 21.8 Å². The number of fused-ring (bicyclic) bond motifs is 3. The summed E-state index contributed by atoms with van der Waals surface area (Å²) in [7, 11) is 0. The zero-order chi connectivity index (χ0) is 23.7. The highest BCUT2D eigenvalue weighted by Crippen LogP contribution is 2.31. The van der Waals surface area contributed by atoms with E-state index in [4.69, 9.17) is 4.74 Å². The number of benzene rings is 2. The van der Waals surface area contributed by atoms with Crippen molar-refractivity contribution in [3.05, 3.63) is 64.9 Å². The number of carbonyl (C=O) groups excluding carboxylic acids is 3. The molecule has 0 saturated carbocycles. The van der Waals surface area contributed by atoms with Crippen molar-refractivity contribution in [2.75, 3.05) is 18.5 Å². The van der Waals surface area contributed by atoms with Crippen LogP contribution in [0.1, 0.15) is 29.4 Å². The summed E-state index contributed by atoms with van der Waals surface area (Å²) in [5.74, 6) is -1.13. The van der Waals surface area contributed by atoms with Gasteiger partial charge in [-0.05, 0) is 55.5 Å². The lowest BCUT2D eigenvalue weighted by molar-refractivity contribution is -0.151. The number of ether oxygens (including phenoxy) is 1. The third kappa shape index (κ3) is 4.05. The zero-order valence-electron chi connectivity index (χ0n) is 18.8. The minimum Gasteiger partial charge on any atom is -0.454 e. The topological polar surface area (TPSA) is 80.6 Å². The summed E-state index contributed by atoms with van der Waals surface area (Å²) in [6, 6.07) is 16.9. The second kappa shape index (κ2) is 9.30. The molecule has 1 atom stereocenters. The molecule has 1 N–H and O–H groups in total. The summed E-state index contributed by atoms with van der Waals surface area (Å²) in [6.07, 6.45) is 1.27. The minimum absolute atomic E-state index is 0.168. The highest BCUT2D eigenvalue weighted by atomic mass is 32.1. The molecule has 174 valence electrons. The number of hydrogen-bond acceptors (Lipinski definition) is 5. The lowest BCUT2D eigenvalue weighted by Gasteiger charge is -2.22. The fraction of sp³-hybridized carbons (Fsp3) is 0.269. The molecular formula is C26H25N3O4S. The number of nitrogens with one attached hydrogen (secondary N) is 1. The Morgan fingerprint density at radius 1 is 1.06 bits per heavy atom. The van der Waals surface area contributed by atoms with Gasteiger partial charge in [0.05, 0.1) is 4.88 Å². The maximum absolute atomic E-state index is 12.7. The molecule has 1 saturated heterocycles. The van der Waals surface area contributed by atoms with Crippen LogP contribution in [-0.4, -0.2) is 46.4 Å². The van der Waals surface area contributed by atoms with Gasteiger partial charge in [-0.15, -0.1) is 11.3 Å². The summed E-state index contributed by atoms with van der Waals surface area (Å²) in [5.41, 5.74) is 2.89. The Morgan fingerprint density at radius 2 is 1.88 bits per heavy atom. The maximum atomic E-state index is 12.7. The third-order valence-electron chi connectivity index (χ3n) is 6.24. The smallest absolute Gasteiger partial charge is 0.329 e. The number of likely N-dealkylation sites (tertiary alicyclic amines) is 1. The molecular weight excluding hydrogens is 450 g/mol. The average Bonchev–Trinajstić information content (AvgIpc) is 3.61. The van der Waals surface area contributed by atoms with E-state index in [2.05, 4.69) is 28.9 Å². The first-order valence-electron chi connectivity index (χ1n) is 11.4. The van der Waals surface area contributed by atoms with E-state index >= 15 is 0 Å². The highest BCUT2D eigenvalue weighted by Gasteiger charge is 2.36. The largest absolute Gasteiger partial charge is 0.454 e. The van der Waals surface area contributed by atoms with Crippen LogP contribution in [0.5, 0.6) is 0 Å². The number of nitrogens with zero attached hydrogens (tertiary/aromatic N) is 2. The van der Waals surface area contributed by atoms with Gasteiger partial charge in [-0.1, -0.05) is 24.3 Å². The van der Waals surface area contributed by atoms with E-state index in [-0.39, 0.29) is 5.91 Å². The number of thiophene rings is 1. The Kier molecular flexibility index (Phi) is 6.06. The molecule has 2 aromatic heterocycles. The second-order valence-electron chi connectivity index (χ2n) is 8.28. The molecule has 4 aromatic rings. The summed E-state index contributed by atoms with van der Waals surface area (Å²) < 4.78 is 7.53. The van der Waals surface area contributed by atoms with Crippen LogP contribution in [0.3, 0.4) is 0 Å². The fourth-order valence-corrected chi connectivity index (χ4v) is 5.38. The number of rotatable bonds is 6. The van der Waals surface area contributed by atoms with Crippen molar-refractivity contribution in [2.45, 2.75) is 32.4 Å². The Labute approximate surface area is 200 Å². The Balaban J connectivity index is 1.24. The van der Waals surface area contributed by atoms with Gasteiger partial charge in [0.1, 0.15) is 6.04 Å². The van der Waals surface area contributed by atoms with Gasteiger partial charge >= 0.3 is 5.97 Å². The molecule has 8 heteroatoms. The lowest BCUT2D eigenvalue weighted by atomic mass is 10.1. The maximum Gasteiger partial charge on any atom is 0.329 e. The average molecular weight is 476 g/mol. The molecule has 1 aliphatic rings. The molecule has 2 aromatic carbocycles. The zero-order valence-corrected chi connectivity index (χ0v) is 19.6. The van der Waals surface area contributed by atoms with Gasteiger partial charge in [-0.3, -0.25) is 9.59 Å². The number of amides is 2. The van der Waals surface area contributed by atoms with Gasteiger partial charge in [-0.25, -0.2) is 4.79 Å². The van der Waals surface area contributed by atoms with Crippen LogP contribution in [0.4, 0.5) is 5.69 Å². The molecule has 34 heavy (non-hydrogen) atoms. The van der Waals surface area contributed by atoms with Crippen molar-refractivity contribution in [3.63, 3.8) is 0 Å². The normalized spacial score (nSPS) is 15.7. The molecule has 3 heterocycles. The van der Waals surface area contributed by atoms with E-state index in [9.17, 15) is 14.4 Å². The molecule has 7 nitrogen and oxygen atoms in total. The molecule has 0 unspecified atom stereocenters. The number of hydrogen-bond donors (Lipinski definition) is 1. The molecule has 0 spiro atoms. The van der Waals surface area contributed by atoms with Gasteiger partial charge in [0.25, 0.3) is 11.8 Å². The number of para-hydroxylation sites is 1. The molecule has 5 rings (SSSR count). The van der Waals surface area contributed by atoms with Crippen molar-refractivity contribution < 1.29 is 19.1 Å². The van der Waals surface area contributed by atoms with Crippen molar-refractivity contribution in [3.8, 4) is 0 Å². The fourth-order valence-electron chi connectivity index (χ4n) is 4.70. The van der Waals surface area contributed by atoms with Gasteiger partial charge in [0, 0.05) is 40.6 Å². The van der Waals surface area contributed by atoms with E-state index in [0.717, 1.165) is 34.8 Å². The van der Waals surface area contributed by atoms with E-state index in [1.54, 1.807) is 11.0 Å². The first kappa shape index (κ1) is 22.2. The summed E-state index contributed by atoms with van der Waals surface area (Å²) in [5, 5.41) is 6.84. The van der Waals surface area contributed by atoms with Gasteiger partial charge < -0.3 is 19.5 Å². The van der Waals surface area contributed by atoms with Crippen LogP contribution in [-0.2, 0) is 20.9 Å². The lowest BCUT2D eigenvalue weighted by Crippen LogP contribution is -2.41. The second-order valence-corrected chi connectivity index (χ2v) is 9.23. The Bertz CT molecular complexity index is 1380. The number of aromatic nitrogens is 1. The van der Waals surface area contributed by atoms with E-state index in [1.807, 2.05) is 41.8 Å². The molecule has 0 bridgehead atoms. The molecule has 1 aliphatic heterocycles. The van der Waals surface area contributed by atoms with Crippen molar-refractivity contribution in [1.29, 1.82) is 0 Å². The number of aryl methyl sites for hydroxylation is 1. The number of esters is 1. The number of anilines is 1. The first-order valence-corrected chi connectivity index (χ1v) is 12.3. The predicted octanol–water partition coefficient (Wildman–Crippen LogP) is 4.66. The predicted molar refractivity (Wildman–Crippen MR) is 133 cm³/mol. The van der Waals surface area contributed by atoms with Crippen LogP contribution >= 0.6 is 11.3 Å². The van der Waals surface area contributed by atoms with Crippen LogP contribution in [0.15, 0.2) is 60.0 Å². The third-order valence-corrected chi connectivity index (χ3v) is 7.09. The molecule has 0 aliphatic carbocycles. The van der Waals surface area contributed by atoms with Crippen LogP contribution < -0.4 is 5.32 Å². The first-order chi connectivity index (χ1) is 16.6. The Hall–Kier alpha value is -3.65. The molecule has 2 amide bonds. The number of carbonyl (C=O) groups is 3. The van der Waals surface area contributed by atoms with Crippen LogP contribution in [0, 0.1) is 0 Å². The Morgan fingerprint density at radius 3 is 2.68 bits per heavy atom. The highest BCUT2D eigenvalue weighted by molar-refractivity contribution is 7.12. The molecule has 1 fully saturated rings. The van der Waals surface area contributed by atoms with Crippen molar-refractivity contribution in [2.24, 2.45) is 0 Å². The quantitative estimate of drug-likeness (QED) is 0.411. The van der Waals surface area contributed by atoms with Crippen molar-refractivity contribution in [1.82, 2.24) is 9.47 Å².